The molecule has 116 valence electrons. The van der Waals surface area contributed by atoms with Gasteiger partial charge in [-0.3, -0.25) is 14.9 Å². The molecule has 0 aliphatic rings. The van der Waals surface area contributed by atoms with Gasteiger partial charge < -0.3 is 0 Å². The summed E-state index contributed by atoms with van der Waals surface area (Å²) in [6.07, 6.45) is 3.30. The molecular weight excluding hydrogens is 362 g/mol. The van der Waals surface area contributed by atoms with Crippen LogP contribution in [0.15, 0.2) is 64.2 Å². The van der Waals surface area contributed by atoms with Crippen molar-refractivity contribution in [3.05, 3.63) is 80.3 Å². The Hall–Kier alpha value is -2.80. The molecule has 0 unspecified atom stereocenters. The van der Waals surface area contributed by atoms with Crippen LogP contribution in [0, 0.1) is 10.1 Å². The molecule has 1 N–H and O–H groups in total. The van der Waals surface area contributed by atoms with E-state index in [2.05, 4.69) is 26.5 Å². The largest absolute Gasteiger partial charge is 0.271 e. The molecule has 0 radical (unpaired) electrons. The third-order valence-corrected chi connectivity index (χ3v) is 3.23. The van der Waals surface area contributed by atoms with Gasteiger partial charge in [-0.2, -0.15) is 5.10 Å². The van der Waals surface area contributed by atoms with Gasteiger partial charge in [0.25, 0.3) is 11.6 Å². The number of non-ortho nitro benzene ring substituents is 1. The minimum absolute atomic E-state index is 0.0707. The number of carbonyl (C=O) groups excluding carboxylic acids is 1. The Labute approximate surface area is 140 Å². The average molecular weight is 374 g/mol. The van der Waals surface area contributed by atoms with Crippen LogP contribution in [0.1, 0.15) is 15.9 Å². The number of carbonyl (C=O) groups is 1. The molecule has 0 aromatic heterocycles. The number of benzene rings is 2. The Morgan fingerprint density at radius 3 is 2.39 bits per heavy atom. The van der Waals surface area contributed by atoms with Crippen molar-refractivity contribution in [3.63, 3.8) is 0 Å². The molecule has 0 atom stereocenters. The molecule has 2 aromatic carbocycles. The van der Waals surface area contributed by atoms with E-state index in [0.717, 1.165) is 5.56 Å². The number of halogens is 1. The predicted octanol–water partition coefficient (Wildman–Crippen LogP) is 3.75. The van der Waals surface area contributed by atoms with E-state index in [0.29, 0.717) is 4.48 Å². The van der Waals surface area contributed by atoms with Crippen molar-refractivity contribution in [3.8, 4) is 0 Å². The highest BCUT2D eigenvalue weighted by molar-refractivity contribution is 9.12. The molecule has 6 nitrogen and oxygen atoms in total. The van der Waals surface area contributed by atoms with E-state index in [9.17, 15) is 14.9 Å². The number of nitro groups is 1. The number of hydrogen-bond donors (Lipinski definition) is 1. The second-order valence-corrected chi connectivity index (χ2v) is 5.36. The first-order valence-corrected chi connectivity index (χ1v) is 7.35. The van der Waals surface area contributed by atoms with Crippen LogP contribution in [0.5, 0.6) is 0 Å². The molecule has 0 aliphatic heterocycles. The first-order chi connectivity index (χ1) is 11.1. The predicted molar refractivity (Wildman–Crippen MR) is 92.4 cm³/mol. The number of rotatable bonds is 5. The molecule has 0 saturated carbocycles. The summed E-state index contributed by atoms with van der Waals surface area (Å²) >= 11 is 3.33. The van der Waals surface area contributed by atoms with Gasteiger partial charge in [-0.25, -0.2) is 5.43 Å². The quantitative estimate of drug-likeness (QED) is 0.492. The Kier molecular flexibility index (Phi) is 5.76. The van der Waals surface area contributed by atoms with Crippen molar-refractivity contribution in [2.45, 2.75) is 0 Å². The lowest BCUT2D eigenvalue weighted by Gasteiger charge is -1.99. The van der Waals surface area contributed by atoms with Gasteiger partial charge in [-0.05, 0) is 39.7 Å². The van der Waals surface area contributed by atoms with Crippen LogP contribution < -0.4 is 5.43 Å². The van der Waals surface area contributed by atoms with Crippen molar-refractivity contribution in [2.75, 3.05) is 0 Å². The van der Waals surface area contributed by atoms with Crippen LogP contribution in [0.3, 0.4) is 0 Å². The lowest BCUT2D eigenvalue weighted by Crippen LogP contribution is -2.17. The van der Waals surface area contributed by atoms with Crippen LogP contribution in [0.25, 0.3) is 6.08 Å². The topological polar surface area (TPSA) is 84.6 Å². The van der Waals surface area contributed by atoms with Crippen LogP contribution in [-0.2, 0) is 0 Å². The van der Waals surface area contributed by atoms with Crippen molar-refractivity contribution >= 4 is 39.8 Å². The minimum atomic E-state index is -0.522. The van der Waals surface area contributed by atoms with Crippen LogP contribution in [-0.4, -0.2) is 17.0 Å². The van der Waals surface area contributed by atoms with Gasteiger partial charge in [0, 0.05) is 22.2 Å². The van der Waals surface area contributed by atoms with Gasteiger partial charge in [-0.15, -0.1) is 0 Å². The fraction of sp³-hybridized carbons (Fsp3) is 0. The van der Waals surface area contributed by atoms with Crippen LogP contribution >= 0.6 is 15.9 Å². The molecule has 7 heteroatoms. The molecule has 0 saturated heterocycles. The zero-order valence-corrected chi connectivity index (χ0v) is 13.4. The van der Waals surface area contributed by atoms with E-state index < -0.39 is 10.8 Å². The minimum Gasteiger partial charge on any atom is -0.267 e. The van der Waals surface area contributed by atoms with E-state index in [1.54, 1.807) is 0 Å². The van der Waals surface area contributed by atoms with Gasteiger partial charge in [0.05, 0.1) is 11.1 Å². The number of nitrogens with one attached hydrogen (secondary N) is 1. The van der Waals surface area contributed by atoms with Crippen molar-refractivity contribution in [2.24, 2.45) is 5.10 Å². The molecular formula is C16H12BrN3O3. The van der Waals surface area contributed by atoms with Gasteiger partial charge in [0.2, 0.25) is 0 Å². The lowest BCUT2D eigenvalue weighted by molar-refractivity contribution is -0.384. The zero-order valence-electron chi connectivity index (χ0n) is 11.8. The average Bonchev–Trinajstić information content (AvgIpc) is 2.55. The maximum Gasteiger partial charge on any atom is 0.271 e. The van der Waals surface area contributed by atoms with Gasteiger partial charge in [0.15, 0.2) is 0 Å². The number of nitro benzene ring substituents is 1. The number of hydrazone groups is 1. The van der Waals surface area contributed by atoms with E-state index >= 15 is 0 Å². The third kappa shape index (κ3) is 5.15. The van der Waals surface area contributed by atoms with E-state index in [1.165, 1.54) is 30.5 Å². The summed E-state index contributed by atoms with van der Waals surface area (Å²) in [7, 11) is 0. The van der Waals surface area contributed by atoms with Crippen LogP contribution in [0.4, 0.5) is 5.69 Å². The Morgan fingerprint density at radius 1 is 1.13 bits per heavy atom. The summed E-state index contributed by atoms with van der Waals surface area (Å²) in [5.41, 5.74) is 3.56. The summed E-state index contributed by atoms with van der Waals surface area (Å²) in [4.78, 5) is 21.9. The molecule has 0 fully saturated rings. The summed E-state index contributed by atoms with van der Waals surface area (Å²) < 4.78 is 0.688. The molecule has 0 aliphatic carbocycles. The molecule has 1 amide bonds. The molecule has 2 rings (SSSR count). The van der Waals surface area contributed by atoms with E-state index in [-0.39, 0.29) is 11.3 Å². The molecule has 0 bridgehead atoms. The monoisotopic (exact) mass is 373 g/mol. The third-order valence-electron chi connectivity index (χ3n) is 2.80. The van der Waals surface area contributed by atoms with Crippen molar-refractivity contribution in [1.82, 2.24) is 5.43 Å². The fourth-order valence-electron chi connectivity index (χ4n) is 1.70. The van der Waals surface area contributed by atoms with Crippen molar-refractivity contribution in [1.29, 1.82) is 0 Å². The standard InChI is InChI=1S/C16H12BrN3O3/c17-14(10-12-4-2-1-3-5-12)11-18-19-16(21)13-6-8-15(9-7-13)20(22)23/h1-11H,(H,19,21). The normalized spacial score (nSPS) is 11.4. The number of nitrogens with zero attached hydrogens (tertiary/aromatic N) is 2. The highest BCUT2D eigenvalue weighted by atomic mass is 79.9. The van der Waals surface area contributed by atoms with Gasteiger partial charge >= 0.3 is 0 Å². The first-order valence-electron chi connectivity index (χ1n) is 6.56. The first kappa shape index (κ1) is 16.6. The molecule has 0 spiro atoms. The maximum absolute atomic E-state index is 11.8. The highest BCUT2D eigenvalue weighted by Gasteiger charge is 2.08. The number of hydrogen-bond acceptors (Lipinski definition) is 4. The Balaban J connectivity index is 1.95. The molecule has 0 heterocycles. The second kappa shape index (κ2) is 8.00. The van der Waals surface area contributed by atoms with Gasteiger partial charge in [-0.1, -0.05) is 30.3 Å². The highest BCUT2D eigenvalue weighted by Crippen LogP contribution is 2.12. The van der Waals surface area contributed by atoms with E-state index in [1.807, 2.05) is 36.4 Å². The lowest BCUT2D eigenvalue weighted by atomic mass is 10.2. The Bertz CT molecular complexity index is 756. The van der Waals surface area contributed by atoms with Crippen molar-refractivity contribution < 1.29 is 9.72 Å². The second-order valence-electron chi connectivity index (χ2n) is 4.44. The van der Waals surface area contributed by atoms with Gasteiger partial charge in [0.1, 0.15) is 0 Å². The smallest absolute Gasteiger partial charge is 0.267 e. The van der Waals surface area contributed by atoms with E-state index in [4.69, 9.17) is 0 Å². The molecule has 23 heavy (non-hydrogen) atoms. The summed E-state index contributed by atoms with van der Waals surface area (Å²) in [6.45, 7) is 0. The Morgan fingerprint density at radius 2 is 1.78 bits per heavy atom. The molecule has 2 aromatic rings. The summed E-state index contributed by atoms with van der Waals surface area (Å²) in [5, 5.41) is 14.4. The number of amides is 1. The zero-order chi connectivity index (χ0) is 16.7. The van der Waals surface area contributed by atoms with Crippen LogP contribution in [0.2, 0.25) is 0 Å². The fourth-order valence-corrected chi connectivity index (χ4v) is 2.06. The summed E-state index contributed by atoms with van der Waals surface area (Å²) in [5.74, 6) is -0.448. The number of allylic oxidation sites excluding steroid dienone is 1. The summed E-state index contributed by atoms with van der Waals surface area (Å²) in [6, 6.07) is 14.9. The SMILES string of the molecule is O=C(NN=CC(Br)=Cc1ccccc1)c1ccc([N+](=O)[O-])cc1. The maximum atomic E-state index is 11.8.